The van der Waals surface area contributed by atoms with Crippen LogP contribution in [0.15, 0.2) is 35.5 Å². The van der Waals surface area contributed by atoms with Gasteiger partial charge < -0.3 is 5.32 Å². The SMILES string of the molecule is CCN/C(C)=C(/C#N)C(=O)c1ccc(CC)cc1. The molecule has 0 saturated heterocycles. The van der Waals surface area contributed by atoms with Gasteiger partial charge in [-0.1, -0.05) is 31.2 Å². The predicted octanol–water partition coefficient (Wildman–Crippen LogP) is 2.84. The minimum atomic E-state index is -0.224. The summed E-state index contributed by atoms with van der Waals surface area (Å²) >= 11 is 0. The van der Waals surface area contributed by atoms with Gasteiger partial charge in [-0.15, -0.1) is 0 Å². The first-order valence-electron chi connectivity index (χ1n) is 6.12. The Kier molecular flexibility index (Phi) is 5.13. The highest BCUT2D eigenvalue weighted by Gasteiger charge is 2.14. The monoisotopic (exact) mass is 242 g/mol. The fraction of sp³-hybridized carbons (Fsp3) is 0.333. The topological polar surface area (TPSA) is 52.9 Å². The molecule has 0 fully saturated rings. The van der Waals surface area contributed by atoms with Crippen LogP contribution in [-0.4, -0.2) is 12.3 Å². The Labute approximate surface area is 108 Å². The van der Waals surface area contributed by atoms with Crippen molar-refractivity contribution >= 4 is 5.78 Å². The summed E-state index contributed by atoms with van der Waals surface area (Å²) in [6.45, 7) is 6.44. The molecule has 0 amide bonds. The fourth-order valence-corrected chi connectivity index (χ4v) is 1.69. The number of nitrogens with zero attached hydrogens (tertiary/aromatic N) is 1. The molecule has 0 aliphatic rings. The van der Waals surface area contributed by atoms with Gasteiger partial charge in [0.25, 0.3) is 0 Å². The number of carbonyl (C=O) groups is 1. The number of nitriles is 1. The maximum absolute atomic E-state index is 12.2. The second kappa shape index (κ2) is 6.61. The van der Waals surface area contributed by atoms with Crippen LogP contribution in [0.3, 0.4) is 0 Å². The first kappa shape index (κ1) is 14.0. The average molecular weight is 242 g/mol. The Hall–Kier alpha value is -2.08. The lowest BCUT2D eigenvalue weighted by Crippen LogP contribution is -2.15. The molecule has 0 aromatic heterocycles. The average Bonchev–Trinajstić information content (AvgIpc) is 2.40. The summed E-state index contributed by atoms with van der Waals surface area (Å²) in [6, 6.07) is 9.38. The highest BCUT2D eigenvalue weighted by Crippen LogP contribution is 2.12. The maximum Gasteiger partial charge on any atom is 0.205 e. The number of Topliss-reactive ketones (excluding diaryl/α,β-unsaturated/α-hetero) is 1. The van der Waals surface area contributed by atoms with Gasteiger partial charge in [-0.25, -0.2) is 0 Å². The van der Waals surface area contributed by atoms with Crippen LogP contribution in [0.4, 0.5) is 0 Å². The third kappa shape index (κ3) is 3.21. The molecule has 0 aliphatic carbocycles. The molecule has 0 aliphatic heterocycles. The van der Waals surface area contributed by atoms with Crippen LogP contribution < -0.4 is 5.32 Å². The van der Waals surface area contributed by atoms with Crippen LogP contribution in [0.1, 0.15) is 36.7 Å². The summed E-state index contributed by atoms with van der Waals surface area (Å²) in [5.41, 5.74) is 2.55. The van der Waals surface area contributed by atoms with E-state index in [0.29, 0.717) is 17.8 Å². The number of hydrogen-bond acceptors (Lipinski definition) is 3. The van der Waals surface area contributed by atoms with Crippen molar-refractivity contribution in [1.29, 1.82) is 5.26 Å². The molecule has 0 radical (unpaired) electrons. The van der Waals surface area contributed by atoms with Gasteiger partial charge in [-0.3, -0.25) is 4.79 Å². The first-order valence-corrected chi connectivity index (χ1v) is 6.12. The second-order valence-corrected chi connectivity index (χ2v) is 4.02. The highest BCUT2D eigenvalue weighted by atomic mass is 16.1. The number of carbonyl (C=O) groups excluding carboxylic acids is 1. The van der Waals surface area contributed by atoms with Crippen molar-refractivity contribution in [3.05, 3.63) is 46.7 Å². The normalized spacial score (nSPS) is 11.4. The van der Waals surface area contributed by atoms with E-state index < -0.39 is 0 Å². The van der Waals surface area contributed by atoms with Crippen molar-refractivity contribution in [3.63, 3.8) is 0 Å². The Morgan fingerprint density at radius 1 is 1.28 bits per heavy atom. The Morgan fingerprint density at radius 2 is 1.89 bits per heavy atom. The predicted molar refractivity (Wildman–Crippen MR) is 72.1 cm³/mol. The zero-order valence-corrected chi connectivity index (χ0v) is 11.1. The molecule has 94 valence electrons. The highest BCUT2D eigenvalue weighted by molar-refractivity contribution is 6.11. The molecule has 0 heterocycles. The van der Waals surface area contributed by atoms with Crippen LogP contribution in [-0.2, 0) is 6.42 Å². The van der Waals surface area contributed by atoms with Gasteiger partial charge in [0.15, 0.2) is 0 Å². The molecule has 3 nitrogen and oxygen atoms in total. The van der Waals surface area contributed by atoms with E-state index >= 15 is 0 Å². The zero-order valence-electron chi connectivity index (χ0n) is 11.1. The Bertz CT molecular complexity index is 492. The summed E-state index contributed by atoms with van der Waals surface area (Å²) in [4.78, 5) is 12.2. The van der Waals surface area contributed by atoms with Gasteiger partial charge in [0.05, 0.1) is 0 Å². The molecule has 1 aromatic rings. The second-order valence-electron chi connectivity index (χ2n) is 4.02. The molecule has 18 heavy (non-hydrogen) atoms. The summed E-state index contributed by atoms with van der Waals surface area (Å²) in [5.74, 6) is -0.224. The van der Waals surface area contributed by atoms with E-state index in [-0.39, 0.29) is 11.4 Å². The van der Waals surface area contributed by atoms with E-state index in [1.807, 2.05) is 25.1 Å². The zero-order chi connectivity index (χ0) is 13.5. The lowest BCUT2D eigenvalue weighted by atomic mass is 10.0. The summed E-state index contributed by atoms with van der Waals surface area (Å²) in [7, 11) is 0. The van der Waals surface area contributed by atoms with E-state index in [1.54, 1.807) is 19.1 Å². The number of allylic oxidation sites excluding steroid dienone is 2. The molecule has 1 aromatic carbocycles. The standard InChI is InChI=1S/C15H18N2O/c1-4-12-6-8-13(9-7-12)15(18)14(10-16)11(3)17-5-2/h6-9,17H,4-5H2,1-3H3/b14-11-. The van der Waals surface area contributed by atoms with Crippen molar-refractivity contribution in [2.75, 3.05) is 6.54 Å². The number of nitrogens with one attached hydrogen (secondary N) is 1. The summed E-state index contributed by atoms with van der Waals surface area (Å²) < 4.78 is 0. The van der Waals surface area contributed by atoms with Crippen molar-refractivity contribution < 1.29 is 4.79 Å². The van der Waals surface area contributed by atoms with E-state index in [2.05, 4.69) is 12.2 Å². The smallest absolute Gasteiger partial charge is 0.205 e. The summed E-state index contributed by atoms with van der Waals surface area (Å²) in [6.07, 6.45) is 0.936. The van der Waals surface area contributed by atoms with E-state index in [9.17, 15) is 4.79 Å². The van der Waals surface area contributed by atoms with E-state index in [1.165, 1.54) is 5.56 Å². The number of hydrogen-bond donors (Lipinski definition) is 1. The lowest BCUT2D eigenvalue weighted by molar-refractivity contribution is 0.103. The van der Waals surface area contributed by atoms with Crippen LogP contribution in [0.2, 0.25) is 0 Å². The summed E-state index contributed by atoms with van der Waals surface area (Å²) in [5, 5.41) is 12.1. The third-order valence-electron chi connectivity index (χ3n) is 2.78. The molecule has 0 unspecified atom stereocenters. The van der Waals surface area contributed by atoms with Crippen molar-refractivity contribution in [2.24, 2.45) is 0 Å². The molecule has 3 heteroatoms. The van der Waals surface area contributed by atoms with Gasteiger partial charge in [0.2, 0.25) is 5.78 Å². The molecule has 1 N–H and O–H groups in total. The minimum Gasteiger partial charge on any atom is -0.388 e. The first-order chi connectivity index (χ1) is 8.63. The number of ketones is 1. The van der Waals surface area contributed by atoms with Gasteiger partial charge in [-0.2, -0.15) is 5.26 Å². The Balaban J connectivity index is 3.04. The molecular weight excluding hydrogens is 224 g/mol. The lowest BCUT2D eigenvalue weighted by Gasteiger charge is -2.06. The van der Waals surface area contributed by atoms with Gasteiger partial charge in [0, 0.05) is 17.8 Å². The number of aryl methyl sites for hydroxylation is 1. The van der Waals surface area contributed by atoms with Gasteiger partial charge in [0.1, 0.15) is 11.6 Å². The van der Waals surface area contributed by atoms with Gasteiger partial charge >= 0.3 is 0 Å². The van der Waals surface area contributed by atoms with Crippen molar-refractivity contribution in [1.82, 2.24) is 5.32 Å². The Morgan fingerprint density at radius 3 is 2.33 bits per heavy atom. The van der Waals surface area contributed by atoms with Crippen LogP contribution in [0, 0.1) is 11.3 Å². The molecule has 0 bridgehead atoms. The van der Waals surface area contributed by atoms with Crippen molar-refractivity contribution in [3.8, 4) is 6.07 Å². The molecular formula is C15H18N2O. The molecule has 0 saturated carbocycles. The van der Waals surface area contributed by atoms with Crippen LogP contribution in [0.5, 0.6) is 0 Å². The molecule has 1 rings (SSSR count). The van der Waals surface area contributed by atoms with E-state index in [0.717, 1.165) is 6.42 Å². The van der Waals surface area contributed by atoms with Crippen LogP contribution >= 0.6 is 0 Å². The van der Waals surface area contributed by atoms with E-state index in [4.69, 9.17) is 5.26 Å². The molecule has 0 atom stereocenters. The number of rotatable bonds is 5. The van der Waals surface area contributed by atoms with Crippen LogP contribution in [0.25, 0.3) is 0 Å². The fourth-order valence-electron chi connectivity index (χ4n) is 1.69. The van der Waals surface area contributed by atoms with Crippen molar-refractivity contribution in [2.45, 2.75) is 27.2 Å². The largest absolute Gasteiger partial charge is 0.388 e. The molecule has 0 spiro atoms. The van der Waals surface area contributed by atoms with Gasteiger partial charge in [-0.05, 0) is 25.8 Å². The quantitative estimate of drug-likeness (QED) is 0.490. The third-order valence-corrected chi connectivity index (χ3v) is 2.78. The minimum absolute atomic E-state index is 0.182. The maximum atomic E-state index is 12.2. The number of benzene rings is 1.